The molecule has 0 atom stereocenters. The monoisotopic (exact) mass is 517 g/mol. The van der Waals surface area contributed by atoms with Gasteiger partial charge < -0.3 is 9.88 Å². The van der Waals surface area contributed by atoms with Crippen LogP contribution in [0.4, 0.5) is 13.2 Å². The van der Waals surface area contributed by atoms with Crippen LogP contribution >= 0.6 is 0 Å². The molecule has 1 aliphatic heterocycles. The highest BCUT2D eigenvalue weighted by molar-refractivity contribution is 5.96. The molecule has 0 saturated heterocycles. The number of nitrogens with one attached hydrogen (secondary N) is 1. The molecule has 4 aromatic rings. The summed E-state index contributed by atoms with van der Waals surface area (Å²) in [4.78, 5) is 21.6. The fraction of sp³-hybridized carbons (Fsp3) is 0.323. The Morgan fingerprint density at radius 2 is 1.66 bits per heavy atom. The van der Waals surface area contributed by atoms with Crippen molar-refractivity contribution in [2.75, 3.05) is 20.6 Å². The number of amides is 1. The Kier molecular flexibility index (Phi) is 5.87. The molecule has 1 fully saturated rings. The molecule has 0 bridgehead atoms. The van der Waals surface area contributed by atoms with Crippen LogP contribution in [0.3, 0.4) is 0 Å². The van der Waals surface area contributed by atoms with Crippen LogP contribution < -0.4 is 0 Å². The number of para-hydroxylation sites is 1. The van der Waals surface area contributed by atoms with E-state index in [4.69, 9.17) is 0 Å². The Balaban J connectivity index is 1.47. The number of fused-ring (bicyclic) bond motifs is 4. The van der Waals surface area contributed by atoms with Crippen molar-refractivity contribution in [2.45, 2.75) is 43.2 Å². The minimum absolute atomic E-state index is 0.136. The van der Waals surface area contributed by atoms with Crippen molar-refractivity contribution in [3.8, 4) is 0 Å². The summed E-state index contributed by atoms with van der Waals surface area (Å²) in [5.74, 6) is -2.59. The maximum absolute atomic E-state index is 14.3. The molecule has 7 heteroatoms. The topological polar surface area (TPSA) is 39.3 Å². The van der Waals surface area contributed by atoms with Gasteiger partial charge in [0.1, 0.15) is 5.82 Å². The Bertz CT molecular complexity index is 1530. The predicted molar refractivity (Wildman–Crippen MR) is 141 cm³/mol. The minimum atomic E-state index is -1.03. The van der Waals surface area contributed by atoms with Crippen molar-refractivity contribution in [2.24, 2.45) is 0 Å². The summed E-state index contributed by atoms with van der Waals surface area (Å²) in [6.07, 6.45) is 3.33. The first kappa shape index (κ1) is 24.7. The van der Waals surface area contributed by atoms with Crippen LogP contribution in [0.1, 0.15) is 52.9 Å². The lowest BCUT2D eigenvalue weighted by Gasteiger charge is -2.55. The van der Waals surface area contributed by atoms with Gasteiger partial charge in [-0.05, 0) is 93.7 Å². The van der Waals surface area contributed by atoms with Crippen LogP contribution in [-0.2, 0) is 17.5 Å². The van der Waals surface area contributed by atoms with Gasteiger partial charge >= 0.3 is 0 Å². The van der Waals surface area contributed by atoms with Gasteiger partial charge in [-0.3, -0.25) is 9.69 Å². The molecule has 1 aromatic heterocycles. The van der Waals surface area contributed by atoms with E-state index in [-0.39, 0.29) is 17.3 Å². The van der Waals surface area contributed by atoms with Crippen LogP contribution in [-0.4, -0.2) is 41.3 Å². The zero-order valence-electron chi connectivity index (χ0n) is 21.5. The number of H-pyrrole nitrogens is 1. The van der Waals surface area contributed by atoms with Gasteiger partial charge in [-0.15, -0.1) is 0 Å². The zero-order valence-corrected chi connectivity index (χ0v) is 21.5. The molecular weight excluding hydrogens is 487 g/mol. The third-order valence-corrected chi connectivity index (χ3v) is 8.92. The highest BCUT2D eigenvalue weighted by Crippen LogP contribution is 2.54. The predicted octanol–water partition coefficient (Wildman–Crippen LogP) is 6.51. The van der Waals surface area contributed by atoms with E-state index in [9.17, 15) is 18.0 Å². The van der Waals surface area contributed by atoms with E-state index in [0.717, 1.165) is 34.3 Å². The lowest BCUT2D eigenvalue weighted by Crippen LogP contribution is -2.58. The standard InChI is InChI=1S/C31H30F3N3O/c1-36(2)30(21-6-5-7-22(32)19-21)13-15-31(16-14-30)28-24(23-8-3-4-9-27(23)35-28)12-17-37(31)29(38)20-10-11-25(33)26(34)18-20/h3-11,18-19,35H,12-17H2,1-2H3. The summed E-state index contributed by atoms with van der Waals surface area (Å²) in [5.41, 5.74) is 3.26. The van der Waals surface area contributed by atoms with Gasteiger partial charge in [-0.25, -0.2) is 13.2 Å². The van der Waals surface area contributed by atoms with Crippen molar-refractivity contribution >= 4 is 16.8 Å². The summed E-state index contributed by atoms with van der Waals surface area (Å²) >= 11 is 0. The fourth-order valence-electron chi connectivity index (χ4n) is 6.88. The van der Waals surface area contributed by atoms with Gasteiger partial charge in [-0.1, -0.05) is 30.3 Å². The summed E-state index contributed by atoms with van der Waals surface area (Å²) in [6, 6.07) is 18.3. The Morgan fingerprint density at radius 1 is 0.895 bits per heavy atom. The van der Waals surface area contributed by atoms with Crippen molar-refractivity contribution < 1.29 is 18.0 Å². The van der Waals surface area contributed by atoms with Gasteiger partial charge in [0.2, 0.25) is 0 Å². The summed E-state index contributed by atoms with van der Waals surface area (Å²) < 4.78 is 42.1. The molecular formula is C31H30F3N3O. The molecule has 6 rings (SSSR count). The second kappa shape index (κ2) is 9.02. The van der Waals surface area contributed by atoms with Gasteiger partial charge in [0.15, 0.2) is 11.6 Å². The van der Waals surface area contributed by atoms with Crippen molar-refractivity contribution in [1.82, 2.24) is 14.8 Å². The van der Waals surface area contributed by atoms with E-state index in [0.29, 0.717) is 38.6 Å². The lowest BCUT2D eigenvalue weighted by atomic mass is 9.65. The molecule has 2 heterocycles. The number of aromatic nitrogens is 1. The second-order valence-electron chi connectivity index (χ2n) is 10.8. The summed E-state index contributed by atoms with van der Waals surface area (Å²) in [5, 5.41) is 1.15. The van der Waals surface area contributed by atoms with Crippen molar-refractivity contribution in [3.63, 3.8) is 0 Å². The number of halogens is 3. The van der Waals surface area contributed by atoms with Gasteiger partial charge in [0, 0.05) is 34.2 Å². The number of carbonyl (C=O) groups is 1. The highest BCUT2D eigenvalue weighted by atomic mass is 19.2. The van der Waals surface area contributed by atoms with E-state index in [1.165, 1.54) is 17.7 Å². The molecule has 1 aliphatic carbocycles. The number of aromatic amines is 1. The van der Waals surface area contributed by atoms with Gasteiger partial charge in [0.05, 0.1) is 5.54 Å². The normalized spacial score (nSPS) is 23.3. The number of benzene rings is 3. The van der Waals surface area contributed by atoms with Crippen LogP contribution in [0.2, 0.25) is 0 Å². The largest absolute Gasteiger partial charge is 0.356 e. The fourth-order valence-corrected chi connectivity index (χ4v) is 6.88. The zero-order chi connectivity index (χ0) is 26.7. The lowest BCUT2D eigenvalue weighted by molar-refractivity contribution is -0.0142. The first-order valence-corrected chi connectivity index (χ1v) is 13.1. The number of hydrogen-bond donors (Lipinski definition) is 1. The van der Waals surface area contributed by atoms with Crippen LogP contribution in [0.5, 0.6) is 0 Å². The number of rotatable bonds is 3. The van der Waals surface area contributed by atoms with E-state index in [1.807, 2.05) is 43.3 Å². The molecule has 2 aliphatic rings. The molecule has 4 nitrogen and oxygen atoms in total. The average Bonchev–Trinajstić information content (AvgIpc) is 3.30. The first-order chi connectivity index (χ1) is 18.2. The third-order valence-electron chi connectivity index (χ3n) is 8.92. The minimum Gasteiger partial charge on any atom is -0.356 e. The van der Waals surface area contributed by atoms with E-state index in [1.54, 1.807) is 12.1 Å². The van der Waals surface area contributed by atoms with Gasteiger partial charge in [-0.2, -0.15) is 0 Å². The molecule has 1 amide bonds. The average molecular weight is 518 g/mol. The summed E-state index contributed by atoms with van der Waals surface area (Å²) in [7, 11) is 4.03. The molecule has 3 aromatic carbocycles. The number of nitrogens with zero attached hydrogens (tertiary/aromatic N) is 2. The maximum atomic E-state index is 14.3. The molecule has 1 spiro atoms. The molecule has 0 unspecified atom stereocenters. The van der Waals surface area contributed by atoms with Crippen LogP contribution in [0.25, 0.3) is 10.9 Å². The molecule has 196 valence electrons. The number of hydrogen-bond acceptors (Lipinski definition) is 2. The first-order valence-electron chi connectivity index (χ1n) is 13.1. The molecule has 0 radical (unpaired) electrons. The molecule has 1 N–H and O–H groups in total. The molecule has 38 heavy (non-hydrogen) atoms. The Hall–Kier alpha value is -3.58. The smallest absolute Gasteiger partial charge is 0.254 e. The van der Waals surface area contributed by atoms with Crippen molar-refractivity contribution in [1.29, 1.82) is 0 Å². The summed E-state index contributed by atoms with van der Waals surface area (Å²) in [6.45, 7) is 0.474. The van der Waals surface area contributed by atoms with Crippen molar-refractivity contribution in [3.05, 3.63) is 107 Å². The Morgan fingerprint density at radius 3 is 2.37 bits per heavy atom. The van der Waals surface area contributed by atoms with E-state index >= 15 is 0 Å². The SMILES string of the molecule is CN(C)C1(c2cccc(F)c2)CCC2(CC1)c1[nH]c3ccccc3c1CCN2C(=O)c1ccc(F)c(F)c1. The highest BCUT2D eigenvalue weighted by Gasteiger charge is 2.53. The maximum Gasteiger partial charge on any atom is 0.254 e. The van der Waals surface area contributed by atoms with E-state index < -0.39 is 22.7 Å². The number of carbonyl (C=O) groups excluding carboxylic acids is 1. The molecule has 1 saturated carbocycles. The quantitative estimate of drug-likeness (QED) is 0.337. The van der Waals surface area contributed by atoms with Crippen LogP contribution in [0.15, 0.2) is 66.7 Å². The van der Waals surface area contributed by atoms with Gasteiger partial charge in [0.25, 0.3) is 5.91 Å². The second-order valence-corrected chi connectivity index (χ2v) is 10.8. The van der Waals surface area contributed by atoms with E-state index in [2.05, 4.69) is 16.0 Å². The third kappa shape index (κ3) is 3.67. The van der Waals surface area contributed by atoms with Crippen LogP contribution in [0, 0.1) is 17.5 Å². The Labute approximate surface area is 220 Å².